The highest BCUT2D eigenvalue weighted by atomic mass is 35.5. The van der Waals surface area contributed by atoms with Gasteiger partial charge in [0.05, 0.1) is 5.02 Å². The predicted octanol–water partition coefficient (Wildman–Crippen LogP) is 12.0. The van der Waals surface area contributed by atoms with Gasteiger partial charge in [-0.3, -0.25) is 0 Å². The summed E-state index contributed by atoms with van der Waals surface area (Å²) in [4.78, 5) is 30.4. The topological polar surface area (TPSA) is 77.3 Å². The zero-order valence-electron chi connectivity index (χ0n) is 29.5. The Bertz CT molecular complexity index is 2700. The van der Waals surface area contributed by atoms with Crippen molar-refractivity contribution in [2.45, 2.75) is 0 Å². The van der Waals surface area contributed by atoms with Gasteiger partial charge < -0.3 is 0 Å². The van der Waals surface area contributed by atoms with Gasteiger partial charge in [0, 0.05) is 33.4 Å². The molecule has 0 N–H and O–H groups in total. The molecule has 0 unspecified atom stereocenters. The first-order chi connectivity index (χ1) is 27.2. The van der Waals surface area contributed by atoms with E-state index in [0.717, 1.165) is 50.1 Å². The van der Waals surface area contributed by atoms with Crippen LogP contribution in [0, 0.1) is 0 Å². The van der Waals surface area contributed by atoms with Crippen LogP contribution in [0.15, 0.2) is 188 Å². The fourth-order valence-corrected chi connectivity index (χ4v) is 6.95. The first-order valence-electron chi connectivity index (χ1n) is 17.9. The van der Waals surface area contributed by atoms with Crippen LogP contribution in [-0.2, 0) is 0 Å². The van der Waals surface area contributed by atoms with E-state index < -0.39 is 0 Å². The van der Waals surface area contributed by atoms with Crippen molar-refractivity contribution >= 4 is 11.6 Å². The van der Waals surface area contributed by atoms with Gasteiger partial charge in [0.1, 0.15) is 0 Å². The standard InChI is InChI=1S/C48H31ClN6/c49-41-31-17-30-38(42(41)48-53-43(33-20-7-2-8-21-33)50-44(54-48)34-22-9-3-10-23-34)37-27-14-16-29-40(37)47-52-45(35-24-11-4-12-25-35)51-46(55-47)39-28-15-13-26-36(39)32-18-5-1-6-19-32/h1-31H. The van der Waals surface area contributed by atoms with Gasteiger partial charge in [0.2, 0.25) is 0 Å². The Morgan fingerprint density at radius 1 is 0.236 bits per heavy atom. The second-order valence-electron chi connectivity index (χ2n) is 12.8. The van der Waals surface area contributed by atoms with Crippen LogP contribution in [0.5, 0.6) is 0 Å². The second-order valence-corrected chi connectivity index (χ2v) is 13.2. The zero-order chi connectivity index (χ0) is 37.0. The van der Waals surface area contributed by atoms with E-state index in [1.54, 1.807) is 0 Å². The number of benzene rings is 7. The van der Waals surface area contributed by atoms with Gasteiger partial charge in [-0.15, -0.1) is 0 Å². The molecule has 0 aliphatic carbocycles. The van der Waals surface area contributed by atoms with Crippen molar-refractivity contribution in [1.29, 1.82) is 0 Å². The van der Waals surface area contributed by atoms with Gasteiger partial charge in [-0.25, -0.2) is 29.9 Å². The average Bonchev–Trinajstić information content (AvgIpc) is 3.27. The summed E-state index contributed by atoms with van der Waals surface area (Å²) in [5.74, 6) is 3.23. The molecule has 0 saturated carbocycles. The molecule has 9 aromatic rings. The van der Waals surface area contributed by atoms with Gasteiger partial charge in [-0.2, -0.15) is 0 Å². The fourth-order valence-electron chi connectivity index (χ4n) is 6.69. The van der Waals surface area contributed by atoms with E-state index in [2.05, 4.69) is 30.3 Å². The first-order valence-corrected chi connectivity index (χ1v) is 18.3. The van der Waals surface area contributed by atoms with Crippen LogP contribution < -0.4 is 0 Å². The molecule has 2 heterocycles. The summed E-state index contributed by atoms with van der Waals surface area (Å²) in [5.41, 5.74) is 8.84. The maximum atomic E-state index is 7.15. The zero-order valence-corrected chi connectivity index (χ0v) is 30.2. The average molecular weight is 727 g/mol. The van der Waals surface area contributed by atoms with Crippen molar-refractivity contribution in [3.05, 3.63) is 193 Å². The molecule has 0 atom stereocenters. The van der Waals surface area contributed by atoms with E-state index in [0.29, 0.717) is 45.5 Å². The summed E-state index contributed by atoms with van der Waals surface area (Å²) in [6.07, 6.45) is 0. The highest BCUT2D eigenvalue weighted by Crippen LogP contribution is 2.41. The van der Waals surface area contributed by atoms with Gasteiger partial charge >= 0.3 is 0 Å². The minimum atomic E-state index is 0.459. The lowest BCUT2D eigenvalue weighted by atomic mass is 9.94. The molecule has 0 amide bonds. The van der Waals surface area contributed by atoms with Crippen molar-refractivity contribution in [2.75, 3.05) is 0 Å². The third-order valence-corrected chi connectivity index (χ3v) is 9.63. The summed E-state index contributed by atoms with van der Waals surface area (Å²) in [6, 6.07) is 62.3. The Labute approximate surface area is 324 Å². The lowest BCUT2D eigenvalue weighted by Crippen LogP contribution is -2.03. The Hall–Kier alpha value is -7.15. The van der Waals surface area contributed by atoms with E-state index >= 15 is 0 Å². The van der Waals surface area contributed by atoms with Crippen molar-refractivity contribution in [1.82, 2.24) is 29.9 Å². The first kappa shape index (κ1) is 33.7. The van der Waals surface area contributed by atoms with Gasteiger partial charge in [0.25, 0.3) is 0 Å². The summed E-state index contributed by atoms with van der Waals surface area (Å²) in [6.45, 7) is 0. The summed E-state index contributed by atoms with van der Waals surface area (Å²) in [5, 5.41) is 0.509. The third kappa shape index (κ3) is 6.90. The Kier molecular flexibility index (Phi) is 9.22. The maximum absolute atomic E-state index is 7.15. The van der Waals surface area contributed by atoms with Gasteiger partial charge in [-0.05, 0) is 28.3 Å². The largest absolute Gasteiger partial charge is 0.208 e. The molecular weight excluding hydrogens is 696 g/mol. The van der Waals surface area contributed by atoms with E-state index in [1.807, 2.05) is 158 Å². The molecule has 0 bridgehead atoms. The normalized spacial score (nSPS) is 11.0. The highest BCUT2D eigenvalue weighted by Gasteiger charge is 2.22. The molecule has 7 heteroatoms. The molecule has 260 valence electrons. The van der Waals surface area contributed by atoms with Crippen molar-refractivity contribution in [3.8, 4) is 90.6 Å². The van der Waals surface area contributed by atoms with Crippen LogP contribution in [-0.4, -0.2) is 29.9 Å². The van der Waals surface area contributed by atoms with Crippen LogP contribution in [0.2, 0.25) is 5.02 Å². The van der Waals surface area contributed by atoms with E-state index in [4.69, 9.17) is 41.5 Å². The Morgan fingerprint density at radius 2 is 0.564 bits per heavy atom. The van der Waals surface area contributed by atoms with Crippen LogP contribution >= 0.6 is 11.6 Å². The number of hydrogen-bond acceptors (Lipinski definition) is 6. The minimum absolute atomic E-state index is 0.459. The fraction of sp³-hybridized carbons (Fsp3) is 0. The number of halogens is 1. The molecule has 0 saturated heterocycles. The summed E-state index contributed by atoms with van der Waals surface area (Å²) < 4.78 is 0. The number of nitrogens with zero attached hydrogens (tertiary/aromatic N) is 6. The lowest BCUT2D eigenvalue weighted by molar-refractivity contribution is 1.07. The van der Waals surface area contributed by atoms with Crippen LogP contribution in [0.3, 0.4) is 0 Å². The number of hydrogen-bond donors (Lipinski definition) is 0. The highest BCUT2D eigenvalue weighted by molar-refractivity contribution is 6.34. The molecule has 0 fully saturated rings. The smallest absolute Gasteiger partial charge is 0.166 e. The third-order valence-electron chi connectivity index (χ3n) is 9.31. The Balaban J connectivity index is 1.26. The van der Waals surface area contributed by atoms with Crippen LogP contribution in [0.25, 0.3) is 90.6 Å². The maximum Gasteiger partial charge on any atom is 0.166 e. The molecule has 0 radical (unpaired) electrons. The molecule has 9 rings (SSSR count). The van der Waals surface area contributed by atoms with E-state index in [1.165, 1.54) is 0 Å². The minimum Gasteiger partial charge on any atom is -0.208 e. The monoisotopic (exact) mass is 726 g/mol. The van der Waals surface area contributed by atoms with Crippen molar-refractivity contribution < 1.29 is 0 Å². The predicted molar refractivity (Wildman–Crippen MR) is 222 cm³/mol. The van der Waals surface area contributed by atoms with E-state index in [9.17, 15) is 0 Å². The van der Waals surface area contributed by atoms with Crippen molar-refractivity contribution in [2.24, 2.45) is 0 Å². The Morgan fingerprint density at radius 3 is 1.05 bits per heavy atom. The quantitative estimate of drug-likeness (QED) is 0.155. The summed E-state index contributed by atoms with van der Waals surface area (Å²) >= 11 is 7.15. The molecule has 6 nitrogen and oxygen atoms in total. The van der Waals surface area contributed by atoms with E-state index in [-0.39, 0.29) is 0 Å². The van der Waals surface area contributed by atoms with Crippen molar-refractivity contribution in [3.63, 3.8) is 0 Å². The number of aromatic nitrogens is 6. The second kappa shape index (κ2) is 15.1. The molecule has 7 aromatic carbocycles. The molecule has 55 heavy (non-hydrogen) atoms. The SMILES string of the molecule is Clc1cccc(-c2ccccc2-c2nc(-c3ccccc3)nc(-c3ccccc3-c3ccccc3)n2)c1-c1nc(-c2ccccc2)nc(-c2ccccc2)n1. The molecule has 0 spiro atoms. The molecule has 0 aliphatic heterocycles. The van der Waals surface area contributed by atoms with Gasteiger partial charge in [-0.1, -0.05) is 194 Å². The van der Waals surface area contributed by atoms with Gasteiger partial charge in [0.15, 0.2) is 34.9 Å². The molecular formula is C48H31ClN6. The lowest BCUT2D eigenvalue weighted by Gasteiger charge is -2.16. The summed E-state index contributed by atoms with van der Waals surface area (Å²) in [7, 11) is 0. The number of rotatable bonds is 8. The van der Waals surface area contributed by atoms with Crippen LogP contribution in [0.1, 0.15) is 0 Å². The molecule has 0 aliphatic rings. The van der Waals surface area contributed by atoms with Crippen LogP contribution in [0.4, 0.5) is 0 Å². The molecule has 2 aromatic heterocycles.